The molecular formula is C14H12ClN5O2S. The number of aromatic nitrogens is 3. The minimum Gasteiger partial charge on any atom is -0.497 e. The van der Waals surface area contributed by atoms with Gasteiger partial charge in [-0.15, -0.1) is 0 Å². The molecule has 0 atom stereocenters. The van der Waals surface area contributed by atoms with Crippen LogP contribution < -0.4 is 15.8 Å². The molecule has 0 unspecified atom stereocenters. The van der Waals surface area contributed by atoms with E-state index in [0.29, 0.717) is 28.3 Å². The number of nitrogens with two attached hydrogens (primary N) is 1. The van der Waals surface area contributed by atoms with E-state index in [0.717, 1.165) is 0 Å². The van der Waals surface area contributed by atoms with E-state index >= 15 is 0 Å². The SMILES string of the molecule is COc1ccc(Nc2nc(Cl)nc3c2ccn3S)c(C(N)=O)c1. The molecule has 0 aliphatic rings. The zero-order valence-electron chi connectivity index (χ0n) is 11.9. The van der Waals surface area contributed by atoms with Crippen molar-refractivity contribution in [1.82, 2.24) is 13.9 Å². The van der Waals surface area contributed by atoms with Gasteiger partial charge in [0.25, 0.3) is 5.91 Å². The predicted molar refractivity (Wildman–Crippen MR) is 91.7 cm³/mol. The summed E-state index contributed by atoms with van der Waals surface area (Å²) in [5.41, 5.74) is 6.74. The number of fused-ring (bicyclic) bond motifs is 1. The average Bonchev–Trinajstić information content (AvgIpc) is 2.89. The standard InChI is InChI=1S/C14H12ClN5O2S/c1-22-7-2-3-10(9(6-7)11(16)21)17-12-8-4-5-20(23)13(8)19-14(15)18-12/h2-6,23H,1H3,(H2,16,21)(H,17,18,19). The molecular weight excluding hydrogens is 338 g/mol. The number of nitrogens with one attached hydrogen (secondary N) is 1. The first-order valence-corrected chi connectivity index (χ1v) is 7.26. The van der Waals surface area contributed by atoms with Crippen molar-refractivity contribution in [2.75, 3.05) is 12.4 Å². The van der Waals surface area contributed by atoms with Gasteiger partial charge in [-0.05, 0) is 35.9 Å². The van der Waals surface area contributed by atoms with Crippen LogP contribution in [0.2, 0.25) is 5.28 Å². The number of carbonyl (C=O) groups is 1. The number of thiol groups is 1. The third-order valence-corrected chi connectivity index (χ3v) is 3.73. The van der Waals surface area contributed by atoms with E-state index in [2.05, 4.69) is 28.1 Å². The van der Waals surface area contributed by atoms with Crippen LogP contribution in [0, 0.1) is 0 Å². The quantitative estimate of drug-likeness (QED) is 0.497. The number of hydrogen-bond donors (Lipinski definition) is 3. The largest absolute Gasteiger partial charge is 0.497 e. The molecule has 3 aromatic rings. The summed E-state index contributed by atoms with van der Waals surface area (Å²) < 4.78 is 6.63. The Hall–Kier alpha value is -2.45. The lowest BCUT2D eigenvalue weighted by Gasteiger charge is -2.12. The first-order valence-electron chi connectivity index (χ1n) is 6.48. The number of rotatable bonds is 4. The van der Waals surface area contributed by atoms with Crippen LogP contribution in [0.1, 0.15) is 10.4 Å². The lowest BCUT2D eigenvalue weighted by Crippen LogP contribution is -2.13. The highest BCUT2D eigenvalue weighted by Gasteiger charge is 2.14. The summed E-state index contributed by atoms with van der Waals surface area (Å²) in [5, 5.41) is 3.83. The maximum absolute atomic E-state index is 11.7. The van der Waals surface area contributed by atoms with E-state index in [4.69, 9.17) is 22.1 Å². The second-order valence-corrected chi connectivity index (χ2v) is 5.41. The zero-order chi connectivity index (χ0) is 16.6. The molecule has 3 rings (SSSR count). The molecule has 0 radical (unpaired) electrons. The smallest absolute Gasteiger partial charge is 0.250 e. The van der Waals surface area contributed by atoms with Gasteiger partial charge in [-0.25, -0.2) is 0 Å². The molecule has 118 valence electrons. The van der Waals surface area contributed by atoms with Crippen LogP contribution in [0.4, 0.5) is 11.5 Å². The molecule has 7 nitrogen and oxygen atoms in total. The van der Waals surface area contributed by atoms with Gasteiger partial charge in [-0.2, -0.15) is 9.97 Å². The molecule has 0 saturated carbocycles. The number of anilines is 2. The number of hydrogen-bond acceptors (Lipinski definition) is 6. The van der Waals surface area contributed by atoms with Gasteiger partial charge in [-0.1, -0.05) is 12.8 Å². The molecule has 23 heavy (non-hydrogen) atoms. The first-order chi connectivity index (χ1) is 11.0. The lowest BCUT2D eigenvalue weighted by atomic mass is 10.1. The highest BCUT2D eigenvalue weighted by molar-refractivity contribution is 7.78. The van der Waals surface area contributed by atoms with Crippen molar-refractivity contribution in [2.24, 2.45) is 5.73 Å². The predicted octanol–water partition coefficient (Wildman–Crippen LogP) is 2.63. The Morgan fingerprint density at radius 2 is 2.17 bits per heavy atom. The number of ether oxygens (including phenoxy) is 1. The highest BCUT2D eigenvalue weighted by Crippen LogP contribution is 2.29. The summed E-state index contributed by atoms with van der Waals surface area (Å²) in [6.45, 7) is 0. The summed E-state index contributed by atoms with van der Waals surface area (Å²) in [4.78, 5) is 19.9. The van der Waals surface area contributed by atoms with Crippen LogP contribution in [0.25, 0.3) is 11.0 Å². The number of primary amides is 1. The zero-order valence-corrected chi connectivity index (χ0v) is 13.6. The third-order valence-electron chi connectivity index (χ3n) is 3.24. The topological polar surface area (TPSA) is 95.1 Å². The minimum atomic E-state index is -0.588. The number of nitrogens with zero attached hydrogens (tertiary/aromatic N) is 3. The fourth-order valence-corrected chi connectivity index (χ4v) is 2.54. The molecule has 9 heteroatoms. The van der Waals surface area contributed by atoms with Crippen molar-refractivity contribution in [2.45, 2.75) is 0 Å². The summed E-state index contributed by atoms with van der Waals surface area (Å²) in [6, 6.07) is 6.72. The van der Waals surface area contributed by atoms with E-state index in [-0.39, 0.29) is 10.8 Å². The van der Waals surface area contributed by atoms with Crippen molar-refractivity contribution < 1.29 is 9.53 Å². The fourth-order valence-electron chi connectivity index (χ4n) is 2.16. The van der Waals surface area contributed by atoms with Gasteiger partial charge >= 0.3 is 0 Å². The van der Waals surface area contributed by atoms with E-state index < -0.39 is 5.91 Å². The van der Waals surface area contributed by atoms with Gasteiger partial charge in [0.2, 0.25) is 5.28 Å². The Morgan fingerprint density at radius 1 is 1.39 bits per heavy atom. The van der Waals surface area contributed by atoms with Crippen LogP contribution in [-0.4, -0.2) is 27.0 Å². The Bertz CT molecular complexity index is 912. The number of benzene rings is 1. The molecule has 0 aliphatic heterocycles. The van der Waals surface area contributed by atoms with Crippen molar-refractivity contribution in [3.63, 3.8) is 0 Å². The number of carbonyl (C=O) groups excluding carboxylic acids is 1. The van der Waals surface area contributed by atoms with Gasteiger partial charge in [0.1, 0.15) is 11.6 Å². The summed E-state index contributed by atoms with van der Waals surface area (Å²) in [5.74, 6) is 0.381. The van der Waals surface area contributed by atoms with E-state index in [1.54, 1.807) is 30.5 Å². The number of methoxy groups -OCH3 is 1. The Balaban J connectivity index is 2.11. The minimum absolute atomic E-state index is 0.0585. The van der Waals surface area contributed by atoms with Gasteiger partial charge in [-0.3, -0.25) is 8.77 Å². The molecule has 1 aromatic carbocycles. The lowest BCUT2D eigenvalue weighted by molar-refractivity contribution is 0.100. The van der Waals surface area contributed by atoms with Gasteiger partial charge in [0, 0.05) is 6.20 Å². The van der Waals surface area contributed by atoms with E-state index in [1.807, 2.05) is 0 Å². The second-order valence-electron chi connectivity index (χ2n) is 4.64. The average molecular weight is 350 g/mol. The van der Waals surface area contributed by atoms with Crippen molar-refractivity contribution in [3.8, 4) is 5.75 Å². The van der Waals surface area contributed by atoms with Gasteiger partial charge < -0.3 is 15.8 Å². The van der Waals surface area contributed by atoms with Crippen LogP contribution >= 0.6 is 24.4 Å². The third kappa shape index (κ3) is 2.90. The molecule has 2 heterocycles. The fraction of sp³-hybridized carbons (Fsp3) is 0.0714. The molecule has 0 aliphatic carbocycles. The molecule has 2 aromatic heterocycles. The molecule has 0 spiro atoms. The maximum atomic E-state index is 11.7. The van der Waals surface area contributed by atoms with Crippen molar-refractivity contribution in [1.29, 1.82) is 0 Å². The Morgan fingerprint density at radius 3 is 2.87 bits per heavy atom. The number of halogens is 1. The summed E-state index contributed by atoms with van der Waals surface area (Å²) in [6.07, 6.45) is 1.72. The van der Waals surface area contributed by atoms with Gasteiger partial charge in [0.05, 0.1) is 23.7 Å². The first kappa shape index (κ1) is 15.4. The molecule has 3 N–H and O–H groups in total. The normalized spacial score (nSPS) is 10.7. The van der Waals surface area contributed by atoms with E-state index in [1.165, 1.54) is 11.1 Å². The monoisotopic (exact) mass is 349 g/mol. The number of amides is 1. The molecule has 0 saturated heterocycles. The summed E-state index contributed by atoms with van der Waals surface area (Å²) in [7, 11) is 1.51. The highest BCUT2D eigenvalue weighted by atomic mass is 35.5. The maximum Gasteiger partial charge on any atom is 0.250 e. The summed E-state index contributed by atoms with van der Waals surface area (Å²) >= 11 is 10.2. The Labute approximate surface area is 142 Å². The Kier molecular flexibility index (Phi) is 4.01. The molecule has 1 amide bonds. The molecule has 0 fully saturated rings. The van der Waals surface area contributed by atoms with Crippen LogP contribution in [0.15, 0.2) is 30.5 Å². The van der Waals surface area contributed by atoms with Gasteiger partial charge in [0.15, 0.2) is 5.65 Å². The van der Waals surface area contributed by atoms with Crippen molar-refractivity contribution in [3.05, 3.63) is 41.3 Å². The van der Waals surface area contributed by atoms with Crippen LogP contribution in [0.3, 0.4) is 0 Å². The van der Waals surface area contributed by atoms with E-state index in [9.17, 15) is 4.79 Å². The van der Waals surface area contributed by atoms with Crippen LogP contribution in [-0.2, 0) is 0 Å². The van der Waals surface area contributed by atoms with Crippen molar-refractivity contribution >= 4 is 52.9 Å². The van der Waals surface area contributed by atoms with Crippen LogP contribution in [0.5, 0.6) is 5.75 Å². The second kappa shape index (κ2) is 5.98. The molecule has 0 bridgehead atoms.